The Balaban J connectivity index is 1.32. The first-order valence-corrected chi connectivity index (χ1v) is 9.15. The number of hydrogen-bond donors (Lipinski definition) is 3. The summed E-state index contributed by atoms with van der Waals surface area (Å²) >= 11 is 0. The fourth-order valence-corrected chi connectivity index (χ4v) is 3.14. The molecule has 1 aromatic carbocycles. The maximum absolute atomic E-state index is 11.9. The van der Waals surface area contributed by atoms with Gasteiger partial charge in [-0.15, -0.1) is 0 Å². The van der Waals surface area contributed by atoms with Crippen LogP contribution in [0, 0.1) is 0 Å². The van der Waals surface area contributed by atoms with Crippen LogP contribution in [0.2, 0.25) is 0 Å². The van der Waals surface area contributed by atoms with Crippen LogP contribution in [0.1, 0.15) is 12.0 Å². The number of benzene rings is 1. The molecule has 1 fully saturated rings. The number of aromatic amines is 1. The zero-order valence-corrected chi connectivity index (χ0v) is 14.9. The lowest BCUT2D eigenvalue weighted by Gasteiger charge is -2.26. The van der Waals surface area contributed by atoms with Crippen molar-refractivity contribution in [3.05, 3.63) is 36.0 Å². The molecular formula is C19H26N4O3. The highest BCUT2D eigenvalue weighted by Gasteiger charge is 2.13. The highest BCUT2D eigenvalue weighted by atomic mass is 16.5. The Kier molecular flexibility index (Phi) is 6.62. The second-order valence-corrected chi connectivity index (χ2v) is 6.43. The van der Waals surface area contributed by atoms with Crippen LogP contribution in [0.25, 0.3) is 10.9 Å². The molecule has 140 valence electrons. The molecule has 2 heterocycles. The van der Waals surface area contributed by atoms with Crippen LogP contribution in [-0.4, -0.2) is 67.6 Å². The molecule has 3 rings (SSSR count). The van der Waals surface area contributed by atoms with Gasteiger partial charge in [0.2, 0.25) is 0 Å². The third-order valence-corrected chi connectivity index (χ3v) is 4.60. The summed E-state index contributed by atoms with van der Waals surface area (Å²) < 4.78 is 5.30. The standard InChI is InChI=1S/C19H26N4O3/c24-18(20-7-3-9-23-10-12-26-13-11-23)19(25)21-8-6-15-14-22-17-5-2-1-4-16(15)17/h1-2,4-5,14,22H,3,6-13H2,(H,20,24)(H,21,25). The van der Waals surface area contributed by atoms with Crippen molar-refractivity contribution in [2.75, 3.05) is 45.9 Å². The Bertz CT molecular complexity index is 737. The predicted octanol–water partition coefficient (Wildman–Crippen LogP) is 0.665. The lowest BCUT2D eigenvalue weighted by Crippen LogP contribution is -2.42. The van der Waals surface area contributed by atoms with Crippen molar-refractivity contribution in [1.29, 1.82) is 0 Å². The Morgan fingerprint density at radius 2 is 1.81 bits per heavy atom. The van der Waals surface area contributed by atoms with Gasteiger partial charge in [0.25, 0.3) is 0 Å². The molecular weight excluding hydrogens is 332 g/mol. The van der Waals surface area contributed by atoms with Crippen molar-refractivity contribution in [1.82, 2.24) is 20.5 Å². The summed E-state index contributed by atoms with van der Waals surface area (Å²) in [6.45, 7) is 5.25. The van der Waals surface area contributed by atoms with Gasteiger partial charge in [0, 0.05) is 43.3 Å². The van der Waals surface area contributed by atoms with E-state index in [4.69, 9.17) is 4.74 Å². The van der Waals surface area contributed by atoms with Gasteiger partial charge in [-0.2, -0.15) is 0 Å². The van der Waals surface area contributed by atoms with Gasteiger partial charge in [-0.05, 0) is 31.0 Å². The number of carbonyl (C=O) groups excluding carboxylic acids is 2. The molecule has 0 saturated carbocycles. The lowest BCUT2D eigenvalue weighted by atomic mass is 10.1. The number of fused-ring (bicyclic) bond motifs is 1. The molecule has 0 spiro atoms. The fraction of sp³-hybridized carbons (Fsp3) is 0.474. The van der Waals surface area contributed by atoms with Gasteiger partial charge < -0.3 is 20.4 Å². The van der Waals surface area contributed by atoms with Crippen LogP contribution >= 0.6 is 0 Å². The van der Waals surface area contributed by atoms with Crippen LogP contribution < -0.4 is 10.6 Å². The van der Waals surface area contributed by atoms with Crippen molar-refractivity contribution < 1.29 is 14.3 Å². The van der Waals surface area contributed by atoms with E-state index in [0.29, 0.717) is 19.5 Å². The zero-order chi connectivity index (χ0) is 18.2. The normalized spacial score (nSPS) is 15.1. The first-order chi connectivity index (χ1) is 12.7. The lowest BCUT2D eigenvalue weighted by molar-refractivity contribution is -0.139. The summed E-state index contributed by atoms with van der Waals surface area (Å²) in [6.07, 6.45) is 3.46. The van der Waals surface area contributed by atoms with Crippen LogP contribution in [0.3, 0.4) is 0 Å². The average Bonchev–Trinajstić information content (AvgIpc) is 3.09. The number of aromatic nitrogens is 1. The van der Waals surface area contributed by atoms with Gasteiger partial charge in [0.05, 0.1) is 13.2 Å². The minimum Gasteiger partial charge on any atom is -0.379 e. The molecule has 2 amide bonds. The second-order valence-electron chi connectivity index (χ2n) is 6.43. The summed E-state index contributed by atoms with van der Waals surface area (Å²) in [5.74, 6) is -1.14. The van der Waals surface area contributed by atoms with Crippen LogP contribution in [-0.2, 0) is 20.7 Å². The van der Waals surface area contributed by atoms with Gasteiger partial charge in [-0.25, -0.2) is 0 Å². The number of nitrogens with zero attached hydrogens (tertiary/aromatic N) is 1. The number of H-pyrrole nitrogens is 1. The number of morpholine rings is 1. The van der Waals surface area contributed by atoms with Crippen LogP contribution in [0.15, 0.2) is 30.5 Å². The summed E-state index contributed by atoms with van der Waals surface area (Å²) in [5.41, 5.74) is 2.21. The first-order valence-electron chi connectivity index (χ1n) is 9.15. The van der Waals surface area contributed by atoms with Crippen molar-refractivity contribution in [3.63, 3.8) is 0 Å². The smallest absolute Gasteiger partial charge is 0.309 e. The molecule has 7 heteroatoms. The van der Waals surface area contributed by atoms with E-state index >= 15 is 0 Å². The number of hydrogen-bond acceptors (Lipinski definition) is 4. The fourth-order valence-electron chi connectivity index (χ4n) is 3.14. The molecule has 7 nitrogen and oxygen atoms in total. The third-order valence-electron chi connectivity index (χ3n) is 4.60. The molecule has 2 aromatic rings. The molecule has 1 aromatic heterocycles. The average molecular weight is 358 g/mol. The quantitative estimate of drug-likeness (QED) is 0.501. The van der Waals surface area contributed by atoms with E-state index in [-0.39, 0.29) is 0 Å². The molecule has 0 atom stereocenters. The van der Waals surface area contributed by atoms with Crippen LogP contribution in [0.4, 0.5) is 0 Å². The van der Waals surface area contributed by atoms with Crippen LogP contribution in [0.5, 0.6) is 0 Å². The van der Waals surface area contributed by atoms with E-state index in [1.807, 2.05) is 30.5 Å². The van der Waals surface area contributed by atoms with E-state index < -0.39 is 11.8 Å². The van der Waals surface area contributed by atoms with E-state index in [2.05, 4.69) is 20.5 Å². The largest absolute Gasteiger partial charge is 0.379 e. The maximum Gasteiger partial charge on any atom is 0.309 e. The van der Waals surface area contributed by atoms with Gasteiger partial charge in [0.1, 0.15) is 0 Å². The molecule has 0 unspecified atom stereocenters. The van der Waals surface area contributed by atoms with Gasteiger partial charge in [-0.3, -0.25) is 14.5 Å². The summed E-state index contributed by atoms with van der Waals surface area (Å²) in [7, 11) is 0. The molecule has 26 heavy (non-hydrogen) atoms. The molecule has 1 saturated heterocycles. The summed E-state index contributed by atoms with van der Waals surface area (Å²) in [4.78, 5) is 29.2. The number of amides is 2. The minimum atomic E-state index is -0.573. The zero-order valence-electron chi connectivity index (χ0n) is 14.9. The number of para-hydroxylation sites is 1. The first kappa shape index (κ1) is 18.4. The van der Waals surface area contributed by atoms with Crippen molar-refractivity contribution in [3.8, 4) is 0 Å². The Morgan fingerprint density at radius 1 is 1.08 bits per heavy atom. The van der Waals surface area contributed by atoms with Crippen molar-refractivity contribution >= 4 is 22.7 Å². The van der Waals surface area contributed by atoms with E-state index in [9.17, 15) is 9.59 Å². The maximum atomic E-state index is 11.9. The molecule has 0 aliphatic carbocycles. The van der Waals surface area contributed by atoms with Gasteiger partial charge in [0.15, 0.2) is 0 Å². The van der Waals surface area contributed by atoms with Crippen molar-refractivity contribution in [2.45, 2.75) is 12.8 Å². The topological polar surface area (TPSA) is 86.5 Å². The highest BCUT2D eigenvalue weighted by molar-refractivity contribution is 6.35. The summed E-state index contributed by atoms with van der Waals surface area (Å²) in [5, 5.41) is 6.51. The monoisotopic (exact) mass is 358 g/mol. The number of ether oxygens (including phenoxy) is 1. The second kappa shape index (κ2) is 9.35. The predicted molar refractivity (Wildman–Crippen MR) is 99.9 cm³/mol. The van der Waals surface area contributed by atoms with Crippen molar-refractivity contribution in [2.24, 2.45) is 0 Å². The Morgan fingerprint density at radius 3 is 2.62 bits per heavy atom. The SMILES string of the molecule is O=C(NCCCN1CCOCC1)C(=O)NCCc1c[nH]c2ccccc12. The number of nitrogens with one attached hydrogen (secondary N) is 3. The Labute approximate surface area is 153 Å². The molecule has 0 bridgehead atoms. The minimum absolute atomic E-state index is 0.432. The van der Waals surface area contributed by atoms with E-state index in [1.165, 1.54) is 0 Å². The molecule has 1 aliphatic rings. The van der Waals surface area contributed by atoms with E-state index in [0.717, 1.165) is 55.7 Å². The van der Waals surface area contributed by atoms with Gasteiger partial charge in [-0.1, -0.05) is 18.2 Å². The highest BCUT2D eigenvalue weighted by Crippen LogP contribution is 2.17. The third kappa shape index (κ3) is 5.06. The molecule has 3 N–H and O–H groups in total. The van der Waals surface area contributed by atoms with E-state index in [1.54, 1.807) is 0 Å². The molecule has 1 aliphatic heterocycles. The Hall–Kier alpha value is -2.38. The molecule has 0 radical (unpaired) electrons. The number of rotatable bonds is 7. The van der Waals surface area contributed by atoms with Gasteiger partial charge >= 0.3 is 11.8 Å². The number of carbonyl (C=O) groups is 2. The summed E-state index contributed by atoms with van der Waals surface area (Å²) in [6, 6.07) is 8.03.